The minimum atomic E-state index is 0.550. The van der Waals surface area contributed by atoms with Crippen molar-refractivity contribution < 1.29 is 4.42 Å². The number of hydrogen-bond donors (Lipinski definition) is 1. The van der Waals surface area contributed by atoms with Gasteiger partial charge in [-0.1, -0.05) is 0 Å². The molecule has 0 amide bonds. The maximum Gasteiger partial charge on any atom is 0.207 e. The molecular weight excluding hydrogens is 132 g/mol. The standard InChI is InChI=1S/C5H4N4O/c1-2-10-3-4(1)5-6-8-9-7-5/h1-3H,(H,6,7,8,9). The monoisotopic (exact) mass is 136 g/mol. The average Bonchev–Trinajstić information content (AvgIpc) is 2.59. The van der Waals surface area contributed by atoms with E-state index in [1.807, 2.05) is 0 Å². The van der Waals surface area contributed by atoms with Crippen molar-refractivity contribution in [3.8, 4) is 11.4 Å². The highest BCUT2D eigenvalue weighted by Gasteiger charge is 2.01. The summed E-state index contributed by atoms with van der Waals surface area (Å²) >= 11 is 0. The lowest BCUT2D eigenvalue weighted by Gasteiger charge is -1.78. The highest BCUT2D eigenvalue weighted by molar-refractivity contribution is 5.50. The first-order chi connectivity index (χ1) is 4.97. The second kappa shape index (κ2) is 1.94. The summed E-state index contributed by atoms with van der Waals surface area (Å²) in [6.45, 7) is 0. The lowest BCUT2D eigenvalue weighted by atomic mass is 10.3. The third kappa shape index (κ3) is 0.680. The van der Waals surface area contributed by atoms with Gasteiger partial charge in [-0.05, 0) is 11.3 Å². The second-order valence-corrected chi connectivity index (χ2v) is 1.75. The van der Waals surface area contributed by atoms with Crippen LogP contribution in [0.2, 0.25) is 0 Å². The molecule has 2 aromatic rings. The Hall–Kier alpha value is -1.65. The van der Waals surface area contributed by atoms with E-state index in [-0.39, 0.29) is 0 Å². The molecule has 1 N–H and O–H groups in total. The van der Waals surface area contributed by atoms with Gasteiger partial charge in [0, 0.05) is 0 Å². The molecule has 5 nitrogen and oxygen atoms in total. The molecule has 0 unspecified atom stereocenters. The van der Waals surface area contributed by atoms with Gasteiger partial charge in [-0.2, -0.15) is 5.21 Å². The fourth-order valence-electron chi connectivity index (χ4n) is 0.676. The molecule has 0 aliphatic carbocycles. The van der Waals surface area contributed by atoms with Crippen LogP contribution in [0.3, 0.4) is 0 Å². The molecule has 0 radical (unpaired) electrons. The lowest BCUT2D eigenvalue weighted by molar-refractivity contribution is 0.568. The molecule has 50 valence electrons. The van der Waals surface area contributed by atoms with Crippen LogP contribution in [0.1, 0.15) is 0 Å². The molecule has 0 spiro atoms. The SMILES string of the molecule is c1cc(-c2nn[nH]n2)co1. The fraction of sp³-hybridized carbons (Fsp3) is 0. The normalized spacial score (nSPS) is 10.0. The molecule has 0 saturated heterocycles. The number of rotatable bonds is 1. The third-order valence-electron chi connectivity index (χ3n) is 1.12. The van der Waals surface area contributed by atoms with E-state index in [9.17, 15) is 0 Å². The summed E-state index contributed by atoms with van der Waals surface area (Å²) < 4.78 is 4.82. The Morgan fingerprint density at radius 1 is 1.50 bits per heavy atom. The van der Waals surface area contributed by atoms with Gasteiger partial charge >= 0.3 is 0 Å². The maximum absolute atomic E-state index is 4.82. The second-order valence-electron chi connectivity index (χ2n) is 1.75. The Labute approximate surface area is 56.1 Å². The van der Waals surface area contributed by atoms with Crippen LogP contribution in [0.25, 0.3) is 11.4 Å². The zero-order valence-corrected chi connectivity index (χ0v) is 4.98. The molecule has 0 atom stereocenters. The number of H-pyrrole nitrogens is 1. The highest BCUT2D eigenvalue weighted by atomic mass is 16.3. The van der Waals surface area contributed by atoms with E-state index < -0.39 is 0 Å². The van der Waals surface area contributed by atoms with E-state index in [1.165, 1.54) is 0 Å². The van der Waals surface area contributed by atoms with Crippen molar-refractivity contribution in [2.24, 2.45) is 0 Å². The summed E-state index contributed by atoms with van der Waals surface area (Å²) in [4.78, 5) is 0. The largest absolute Gasteiger partial charge is 0.472 e. The number of tetrazole rings is 1. The third-order valence-corrected chi connectivity index (χ3v) is 1.12. The number of nitrogens with one attached hydrogen (secondary N) is 1. The zero-order chi connectivity index (χ0) is 6.81. The molecule has 5 heteroatoms. The van der Waals surface area contributed by atoms with Crippen LogP contribution in [-0.4, -0.2) is 20.6 Å². The van der Waals surface area contributed by atoms with Crippen LogP contribution in [0.5, 0.6) is 0 Å². The smallest absolute Gasteiger partial charge is 0.207 e. The van der Waals surface area contributed by atoms with Crippen molar-refractivity contribution >= 4 is 0 Å². The molecule has 0 aliphatic heterocycles. The predicted octanol–water partition coefficient (Wildman–Crippen LogP) is 0.460. The molecule has 2 heterocycles. The van der Waals surface area contributed by atoms with Gasteiger partial charge in [-0.3, -0.25) is 0 Å². The fourth-order valence-corrected chi connectivity index (χ4v) is 0.676. The van der Waals surface area contributed by atoms with Crippen LogP contribution in [0.4, 0.5) is 0 Å². The first kappa shape index (κ1) is 5.16. The minimum absolute atomic E-state index is 0.550. The van der Waals surface area contributed by atoms with Gasteiger partial charge in [0.05, 0.1) is 11.8 Å². The summed E-state index contributed by atoms with van der Waals surface area (Å²) in [5, 5.41) is 13.2. The number of aromatic amines is 1. The minimum Gasteiger partial charge on any atom is -0.472 e. The Morgan fingerprint density at radius 3 is 3.10 bits per heavy atom. The van der Waals surface area contributed by atoms with E-state index in [2.05, 4.69) is 20.6 Å². The number of hydrogen-bond acceptors (Lipinski definition) is 4. The Bertz CT molecular complexity index is 253. The lowest BCUT2D eigenvalue weighted by Crippen LogP contribution is -1.74. The van der Waals surface area contributed by atoms with E-state index in [4.69, 9.17) is 4.42 Å². The van der Waals surface area contributed by atoms with Crippen LogP contribution in [0, 0.1) is 0 Å². The number of furan rings is 1. The quantitative estimate of drug-likeness (QED) is 0.618. The molecule has 0 aliphatic rings. The molecule has 0 bridgehead atoms. The molecule has 2 aromatic heterocycles. The van der Waals surface area contributed by atoms with Crippen LogP contribution >= 0.6 is 0 Å². The van der Waals surface area contributed by atoms with E-state index in [0.717, 1.165) is 5.56 Å². The van der Waals surface area contributed by atoms with Crippen molar-refractivity contribution in [3.63, 3.8) is 0 Å². The van der Waals surface area contributed by atoms with Crippen molar-refractivity contribution in [1.82, 2.24) is 20.6 Å². The van der Waals surface area contributed by atoms with E-state index >= 15 is 0 Å². The highest BCUT2D eigenvalue weighted by Crippen LogP contribution is 2.11. The topological polar surface area (TPSA) is 67.6 Å². The van der Waals surface area contributed by atoms with Gasteiger partial charge in [0.25, 0.3) is 0 Å². The molecule has 0 aromatic carbocycles. The Balaban J connectivity index is 2.48. The Kier molecular flexibility index (Phi) is 1.00. The van der Waals surface area contributed by atoms with Crippen molar-refractivity contribution in [1.29, 1.82) is 0 Å². The van der Waals surface area contributed by atoms with Crippen LogP contribution < -0.4 is 0 Å². The number of aromatic nitrogens is 4. The molecule has 10 heavy (non-hydrogen) atoms. The van der Waals surface area contributed by atoms with E-state index in [1.54, 1.807) is 18.6 Å². The average molecular weight is 136 g/mol. The number of nitrogens with zero attached hydrogens (tertiary/aromatic N) is 3. The van der Waals surface area contributed by atoms with Gasteiger partial charge in [-0.25, -0.2) is 0 Å². The van der Waals surface area contributed by atoms with Crippen LogP contribution in [0.15, 0.2) is 23.0 Å². The predicted molar refractivity (Wildman–Crippen MR) is 31.9 cm³/mol. The summed E-state index contributed by atoms with van der Waals surface area (Å²) in [6, 6.07) is 1.77. The molecule has 2 rings (SSSR count). The maximum atomic E-state index is 4.82. The van der Waals surface area contributed by atoms with Gasteiger partial charge in [0.15, 0.2) is 0 Å². The van der Waals surface area contributed by atoms with E-state index in [0.29, 0.717) is 5.82 Å². The summed E-state index contributed by atoms with van der Waals surface area (Å²) in [7, 11) is 0. The summed E-state index contributed by atoms with van der Waals surface area (Å²) in [5.41, 5.74) is 0.828. The van der Waals surface area contributed by atoms with Gasteiger partial charge in [0.2, 0.25) is 5.82 Å². The summed E-state index contributed by atoms with van der Waals surface area (Å²) in [6.07, 6.45) is 3.12. The van der Waals surface area contributed by atoms with Crippen molar-refractivity contribution in [3.05, 3.63) is 18.6 Å². The zero-order valence-electron chi connectivity index (χ0n) is 4.98. The first-order valence-corrected chi connectivity index (χ1v) is 2.73. The molecular formula is C5H4N4O. The summed E-state index contributed by atoms with van der Waals surface area (Å²) in [5.74, 6) is 0.550. The van der Waals surface area contributed by atoms with Gasteiger partial charge in [0.1, 0.15) is 6.26 Å². The molecule has 0 fully saturated rings. The van der Waals surface area contributed by atoms with Crippen molar-refractivity contribution in [2.75, 3.05) is 0 Å². The first-order valence-electron chi connectivity index (χ1n) is 2.73. The molecule has 0 saturated carbocycles. The van der Waals surface area contributed by atoms with Crippen molar-refractivity contribution in [2.45, 2.75) is 0 Å². The van der Waals surface area contributed by atoms with Crippen LogP contribution in [-0.2, 0) is 0 Å². The Morgan fingerprint density at radius 2 is 2.50 bits per heavy atom. The van der Waals surface area contributed by atoms with Gasteiger partial charge < -0.3 is 4.42 Å². The van der Waals surface area contributed by atoms with Gasteiger partial charge in [-0.15, -0.1) is 10.2 Å².